The first-order valence-electron chi connectivity index (χ1n) is 11.1. The van der Waals surface area contributed by atoms with E-state index in [0.717, 1.165) is 17.7 Å². The maximum atomic E-state index is 13.2. The molecule has 0 spiro atoms. The number of anilines is 1. The molecule has 0 N–H and O–H groups in total. The summed E-state index contributed by atoms with van der Waals surface area (Å²) < 4.78 is 27.9. The number of amides is 2. The fraction of sp³-hybridized carbons (Fsp3) is 0.417. The third kappa shape index (κ3) is 4.71. The molecule has 4 rings (SSSR count). The Morgan fingerprint density at radius 3 is 2.41 bits per heavy atom. The minimum atomic E-state index is -3.71. The molecule has 0 bridgehead atoms. The molecule has 2 fully saturated rings. The van der Waals surface area contributed by atoms with Gasteiger partial charge in [-0.25, -0.2) is 8.42 Å². The quantitative estimate of drug-likeness (QED) is 0.671. The van der Waals surface area contributed by atoms with Crippen molar-refractivity contribution < 1.29 is 18.0 Å². The second-order valence-electron chi connectivity index (χ2n) is 8.52. The summed E-state index contributed by atoms with van der Waals surface area (Å²) >= 11 is 0. The molecule has 1 atom stereocenters. The zero-order chi connectivity index (χ0) is 22.7. The van der Waals surface area contributed by atoms with Gasteiger partial charge in [-0.15, -0.1) is 0 Å². The molecule has 0 saturated carbocycles. The van der Waals surface area contributed by atoms with Crippen LogP contribution in [-0.4, -0.2) is 56.1 Å². The van der Waals surface area contributed by atoms with Gasteiger partial charge in [-0.2, -0.15) is 4.31 Å². The molecule has 1 unspecified atom stereocenters. The molecule has 8 heteroatoms. The van der Waals surface area contributed by atoms with E-state index in [9.17, 15) is 18.0 Å². The van der Waals surface area contributed by atoms with Crippen molar-refractivity contribution in [3.05, 3.63) is 60.2 Å². The zero-order valence-corrected chi connectivity index (χ0v) is 19.1. The predicted octanol–water partition coefficient (Wildman–Crippen LogP) is 2.87. The Morgan fingerprint density at radius 2 is 1.75 bits per heavy atom. The lowest BCUT2D eigenvalue weighted by Crippen LogP contribution is -2.45. The molecule has 170 valence electrons. The van der Waals surface area contributed by atoms with Crippen LogP contribution in [0.25, 0.3) is 0 Å². The molecular formula is C24H29N3O4S. The van der Waals surface area contributed by atoms with Crippen molar-refractivity contribution in [2.24, 2.45) is 5.92 Å². The number of nitrogens with zero attached hydrogens (tertiary/aromatic N) is 3. The Balaban J connectivity index is 1.43. The number of carbonyl (C=O) groups is 2. The number of hydrogen-bond donors (Lipinski definition) is 0. The Kier molecular flexibility index (Phi) is 6.62. The van der Waals surface area contributed by atoms with Crippen LogP contribution in [0.1, 0.15) is 31.2 Å². The molecule has 2 saturated heterocycles. The summed E-state index contributed by atoms with van der Waals surface area (Å²) in [5.74, 6) is -0.317. The topological polar surface area (TPSA) is 78.0 Å². The second-order valence-corrected chi connectivity index (χ2v) is 10.5. The van der Waals surface area contributed by atoms with Crippen LogP contribution in [0.15, 0.2) is 59.5 Å². The number of hydrogen-bond acceptors (Lipinski definition) is 4. The molecule has 0 aromatic heterocycles. The molecule has 2 amide bonds. The maximum Gasteiger partial charge on any atom is 0.243 e. The third-order valence-electron chi connectivity index (χ3n) is 6.23. The van der Waals surface area contributed by atoms with Gasteiger partial charge in [0.25, 0.3) is 0 Å². The smallest absolute Gasteiger partial charge is 0.243 e. The summed E-state index contributed by atoms with van der Waals surface area (Å²) in [5, 5.41) is 0. The zero-order valence-electron chi connectivity index (χ0n) is 18.3. The maximum absolute atomic E-state index is 13.2. The second kappa shape index (κ2) is 9.42. The lowest BCUT2D eigenvalue weighted by atomic mass is 9.98. The number of sulfonamides is 1. The minimum Gasteiger partial charge on any atom is -0.341 e. The number of rotatable bonds is 6. The molecule has 32 heavy (non-hydrogen) atoms. The van der Waals surface area contributed by atoms with Crippen molar-refractivity contribution in [1.29, 1.82) is 0 Å². The van der Waals surface area contributed by atoms with Crippen molar-refractivity contribution >= 4 is 27.5 Å². The summed E-state index contributed by atoms with van der Waals surface area (Å²) in [5.41, 5.74) is 1.76. The monoisotopic (exact) mass is 455 g/mol. The number of benzene rings is 2. The van der Waals surface area contributed by atoms with Gasteiger partial charge in [0.15, 0.2) is 0 Å². The first-order chi connectivity index (χ1) is 15.4. The van der Waals surface area contributed by atoms with Crippen LogP contribution in [-0.2, 0) is 26.2 Å². The van der Waals surface area contributed by atoms with Crippen LogP contribution < -0.4 is 4.90 Å². The Hall–Kier alpha value is -2.71. The van der Waals surface area contributed by atoms with E-state index < -0.39 is 10.0 Å². The van der Waals surface area contributed by atoms with Gasteiger partial charge in [-0.3, -0.25) is 9.59 Å². The van der Waals surface area contributed by atoms with Crippen LogP contribution in [0.3, 0.4) is 0 Å². The summed E-state index contributed by atoms with van der Waals surface area (Å²) in [6.07, 6.45) is 2.68. The average molecular weight is 456 g/mol. The van der Waals surface area contributed by atoms with Crippen LogP contribution in [0.2, 0.25) is 0 Å². The van der Waals surface area contributed by atoms with Gasteiger partial charge in [-0.05, 0) is 49.1 Å². The lowest BCUT2D eigenvalue weighted by Gasteiger charge is -2.33. The van der Waals surface area contributed by atoms with Gasteiger partial charge in [0.2, 0.25) is 21.8 Å². The summed E-state index contributed by atoms with van der Waals surface area (Å²) in [4.78, 5) is 28.5. The van der Waals surface area contributed by atoms with E-state index in [4.69, 9.17) is 0 Å². The largest absolute Gasteiger partial charge is 0.341 e. The van der Waals surface area contributed by atoms with Gasteiger partial charge in [0.1, 0.15) is 0 Å². The van der Waals surface area contributed by atoms with Crippen LogP contribution >= 0.6 is 0 Å². The molecule has 2 aliphatic rings. The molecule has 2 heterocycles. The van der Waals surface area contributed by atoms with E-state index in [-0.39, 0.29) is 29.2 Å². The third-order valence-corrected chi connectivity index (χ3v) is 8.11. The highest BCUT2D eigenvalue weighted by Crippen LogP contribution is 2.28. The predicted molar refractivity (Wildman–Crippen MR) is 122 cm³/mol. The van der Waals surface area contributed by atoms with Gasteiger partial charge in [0.05, 0.1) is 10.8 Å². The van der Waals surface area contributed by atoms with Gasteiger partial charge in [-0.1, -0.05) is 30.3 Å². The average Bonchev–Trinajstić information content (AvgIpc) is 3.25. The summed E-state index contributed by atoms with van der Waals surface area (Å²) in [6, 6.07) is 16.3. The van der Waals surface area contributed by atoms with Crippen molar-refractivity contribution in [1.82, 2.24) is 9.21 Å². The Labute approximate surface area is 189 Å². The van der Waals surface area contributed by atoms with Crippen LogP contribution in [0.5, 0.6) is 0 Å². The summed E-state index contributed by atoms with van der Waals surface area (Å²) in [6.45, 7) is 1.75. The van der Waals surface area contributed by atoms with Crippen LogP contribution in [0, 0.1) is 5.92 Å². The molecule has 2 aromatic carbocycles. The van der Waals surface area contributed by atoms with E-state index in [2.05, 4.69) is 0 Å². The normalized spacial score (nSPS) is 19.8. The Bertz CT molecular complexity index is 1070. The number of piperidine rings is 1. The van der Waals surface area contributed by atoms with Gasteiger partial charge >= 0.3 is 0 Å². The fourth-order valence-corrected chi connectivity index (χ4v) is 6.00. The molecule has 2 aliphatic heterocycles. The summed E-state index contributed by atoms with van der Waals surface area (Å²) in [7, 11) is -1.94. The first-order valence-corrected chi connectivity index (χ1v) is 12.5. The standard InChI is InChI=1S/C24H29N3O4S/c1-25(17-19-7-3-2-4-8-19)24(29)20-9-5-15-26(18-20)32(30,31)22-13-11-21(12-14-22)27-16-6-10-23(27)28/h2-4,7-8,11-14,20H,5-6,9-10,15-18H2,1H3. The lowest BCUT2D eigenvalue weighted by molar-refractivity contribution is -0.135. The minimum absolute atomic E-state index is 0.0309. The van der Waals surface area contributed by atoms with Crippen LogP contribution in [0.4, 0.5) is 5.69 Å². The fourth-order valence-electron chi connectivity index (χ4n) is 4.48. The van der Waals surface area contributed by atoms with Crippen molar-refractivity contribution in [3.63, 3.8) is 0 Å². The van der Waals surface area contributed by atoms with E-state index in [0.29, 0.717) is 38.9 Å². The van der Waals surface area contributed by atoms with E-state index in [1.165, 1.54) is 4.31 Å². The molecule has 0 radical (unpaired) electrons. The van der Waals surface area contributed by atoms with E-state index in [1.807, 2.05) is 30.3 Å². The highest BCUT2D eigenvalue weighted by atomic mass is 32.2. The SMILES string of the molecule is CN(Cc1ccccc1)C(=O)C1CCCN(S(=O)(=O)c2ccc(N3CCCC3=O)cc2)C1. The molecule has 7 nitrogen and oxygen atoms in total. The van der Waals surface area contributed by atoms with Crippen molar-refractivity contribution in [2.75, 3.05) is 31.6 Å². The van der Waals surface area contributed by atoms with Gasteiger partial charge < -0.3 is 9.80 Å². The molecule has 2 aromatic rings. The van der Waals surface area contributed by atoms with Crippen molar-refractivity contribution in [2.45, 2.75) is 37.1 Å². The number of carbonyl (C=O) groups excluding carboxylic acids is 2. The Morgan fingerprint density at radius 1 is 1.03 bits per heavy atom. The highest BCUT2D eigenvalue weighted by Gasteiger charge is 2.34. The molecular weight excluding hydrogens is 426 g/mol. The van der Waals surface area contributed by atoms with Gasteiger partial charge in [0, 0.05) is 45.3 Å². The van der Waals surface area contributed by atoms with E-state index in [1.54, 1.807) is 41.1 Å². The van der Waals surface area contributed by atoms with E-state index >= 15 is 0 Å². The highest BCUT2D eigenvalue weighted by molar-refractivity contribution is 7.89. The molecule has 0 aliphatic carbocycles. The first kappa shape index (κ1) is 22.5. The van der Waals surface area contributed by atoms with Crippen molar-refractivity contribution in [3.8, 4) is 0 Å².